The van der Waals surface area contributed by atoms with Crippen LogP contribution in [-0.4, -0.2) is 23.0 Å². The summed E-state index contributed by atoms with van der Waals surface area (Å²) in [5.74, 6) is 2.00. The van der Waals surface area contributed by atoms with Crippen LogP contribution in [0.15, 0.2) is 60.8 Å². The van der Waals surface area contributed by atoms with E-state index in [1.165, 1.54) is 11.3 Å². The minimum Gasteiger partial charge on any atom is -0.457 e. The number of urea groups is 1. The molecule has 1 fully saturated rings. The number of nitrogens with zero attached hydrogens (tertiary/aromatic N) is 2. The summed E-state index contributed by atoms with van der Waals surface area (Å²) in [6, 6.07) is 16.9. The summed E-state index contributed by atoms with van der Waals surface area (Å²) in [6.45, 7) is 4.21. The topological polar surface area (TPSA) is 83.6 Å². The van der Waals surface area contributed by atoms with Crippen molar-refractivity contribution in [3.05, 3.63) is 71.2 Å². The van der Waals surface area contributed by atoms with E-state index >= 15 is 0 Å². The largest absolute Gasteiger partial charge is 0.457 e. The van der Waals surface area contributed by atoms with Crippen molar-refractivity contribution in [2.75, 3.05) is 10.2 Å². The number of hydrogen-bond acceptors (Lipinski definition) is 5. The molecule has 0 bridgehead atoms. The second-order valence-corrected chi connectivity index (χ2v) is 10.9. The van der Waals surface area contributed by atoms with E-state index < -0.39 is 0 Å². The predicted octanol–water partition coefficient (Wildman–Crippen LogP) is 7.39. The molecule has 0 unspecified atom stereocenters. The van der Waals surface area contributed by atoms with E-state index in [1.807, 2.05) is 61.5 Å². The van der Waals surface area contributed by atoms with Crippen LogP contribution >= 0.6 is 11.3 Å². The highest BCUT2D eigenvalue weighted by atomic mass is 32.1. The molecule has 2 aromatic carbocycles. The van der Waals surface area contributed by atoms with E-state index in [-0.39, 0.29) is 18.0 Å². The van der Waals surface area contributed by atoms with Crippen LogP contribution in [0.3, 0.4) is 0 Å². The molecular formula is C29H28N4O3S. The number of aromatic nitrogens is 1. The van der Waals surface area contributed by atoms with Crippen molar-refractivity contribution in [2.45, 2.75) is 45.6 Å². The third kappa shape index (κ3) is 4.42. The number of hydrogen-bond donors (Lipinski definition) is 2. The van der Waals surface area contributed by atoms with Crippen LogP contribution in [0.5, 0.6) is 11.5 Å². The van der Waals surface area contributed by atoms with Gasteiger partial charge < -0.3 is 15.4 Å². The molecule has 4 aromatic rings. The van der Waals surface area contributed by atoms with Gasteiger partial charge in [-0.15, -0.1) is 11.3 Å². The number of carbonyl (C=O) groups is 2. The van der Waals surface area contributed by atoms with Crippen molar-refractivity contribution in [1.29, 1.82) is 0 Å². The number of rotatable bonds is 5. The number of thiophene rings is 1. The first-order valence-corrected chi connectivity index (χ1v) is 13.5. The molecule has 0 radical (unpaired) electrons. The van der Waals surface area contributed by atoms with Gasteiger partial charge in [0.15, 0.2) is 0 Å². The molecule has 188 valence electrons. The van der Waals surface area contributed by atoms with Gasteiger partial charge in [-0.3, -0.25) is 9.69 Å². The Labute approximate surface area is 219 Å². The molecule has 1 aliphatic carbocycles. The average Bonchev–Trinajstić information content (AvgIpc) is 3.27. The first-order chi connectivity index (χ1) is 18.0. The highest BCUT2D eigenvalue weighted by Gasteiger charge is 2.34. The maximum atomic E-state index is 13.5. The second kappa shape index (κ2) is 9.52. The molecule has 0 spiro atoms. The van der Waals surface area contributed by atoms with Gasteiger partial charge in [0, 0.05) is 12.2 Å². The summed E-state index contributed by atoms with van der Waals surface area (Å²) in [4.78, 5) is 34.1. The zero-order valence-corrected chi connectivity index (χ0v) is 21.6. The van der Waals surface area contributed by atoms with Crippen LogP contribution in [0.2, 0.25) is 0 Å². The molecule has 2 aromatic heterocycles. The minimum absolute atomic E-state index is 0.143. The molecule has 1 saturated carbocycles. The van der Waals surface area contributed by atoms with E-state index in [1.54, 1.807) is 11.1 Å². The number of benzene rings is 2. The Bertz CT molecular complexity index is 1490. The van der Waals surface area contributed by atoms with Crippen LogP contribution < -0.4 is 20.3 Å². The maximum Gasteiger partial charge on any atom is 0.331 e. The lowest BCUT2D eigenvalue weighted by molar-refractivity contribution is 0.0928. The zero-order valence-electron chi connectivity index (χ0n) is 20.8. The number of nitrogens with one attached hydrogen (secondary N) is 2. The molecule has 2 aliphatic rings. The number of ether oxygens (including phenoxy) is 1. The van der Waals surface area contributed by atoms with Gasteiger partial charge in [-0.2, -0.15) is 0 Å². The van der Waals surface area contributed by atoms with Crippen molar-refractivity contribution in [3.8, 4) is 11.5 Å². The molecule has 8 heteroatoms. The lowest BCUT2D eigenvalue weighted by Gasteiger charge is -2.30. The number of anilines is 3. The monoisotopic (exact) mass is 512 g/mol. The number of amides is 3. The van der Waals surface area contributed by atoms with Crippen LogP contribution in [0, 0.1) is 12.8 Å². The molecule has 3 amide bonds. The Kier molecular flexibility index (Phi) is 6.04. The molecule has 6 rings (SSSR count). The van der Waals surface area contributed by atoms with E-state index in [4.69, 9.17) is 4.74 Å². The van der Waals surface area contributed by atoms with E-state index in [2.05, 4.69) is 22.5 Å². The number of pyridine rings is 1. The summed E-state index contributed by atoms with van der Waals surface area (Å²) in [5.41, 5.74) is 2.89. The maximum absolute atomic E-state index is 13.5. The Balaban J connectivity index is 1.32. The molecule has 3 heterocycles. The van der Waals surface area contributed by atoms with Gasteiger partial charge in [0.1, 0.15) is 21.2 Å². The van der Waals surface area contributed by atoms with Crippen molar-refractivity contribution >= 4 is 50.6 Å². The first-order valence-electron chi connectivity index (χ1n) is 12.6. The summed E-state index contributed by atoms with van der Waals surface area (Å²) in [5, 5.41) is 6.98. The van der Waals surface area contributed by atoms with Gasteiger partial charge in [0.25, 0.3) is 5.91 Å². The molecule has 7 nitrogen and oxygen atoms in total. The Morgan fingerprint density at radius 2 is 1.84 bits per heavy atom. The van der Waals surface area contributed by atoms with Crippen LogP contribution in [-0.2, 0) is 0 Å². The standard InChI is InChI=1S/C29H28N4O3S/c1-17-8-10-19(11-9-17)31-27(34)26-25-24-23(14-15-30-28(24)37-26)33(29(35)32-25)22-13-12-21(16-18(22)2)36-20-6-4-3-5-7-20/h3-7,12-17,19H,8-11H2,1-2H3,(H,31,34)(H,32,35). The third-order valence-corrected chi connectivity index (χ3v) is 8.29. The van der Waals surface area contributed by atoms with Crippen molar-refractivity contribution < 1.29 is 14.3 Å². The van der Waals surface area contributed by atoms with Crippen molar-refractivity contribution in [1.82, 2.24) is 10.3 Å². The Hall–Kier alpha value is -3.91. The van der Waals surface area contributed by atoms with Crippen LogP contribution in [0.25, 0.3) is 10.2 Å². The molecule has 0 atom stereocenters. The van der Waals surface area contributed by atoms with Crippen molar-refractivity contribution in [3.63, 3.8) is 0 Å². The second-order valence-electron chi connectivity index (χ2n) is 9.88. The summed E-state index contributed by atoms with van der Waals surface area (Å²) < 4.78 is 5.97. The van der Waals surface area contributed by atoms with E-state index in [0.717, 1.165) is 52.9 Å². The smallest absolute Gasteiger partial charge is 0.331 e. The fourth-order valence-corrected chi connectivity index (χ4v) is 6.23. The highest BCUT2D eigenvalue weighted by molar-refractivity contribution is 7.21. The summed E-state index contributed by atoms with van der Waals surface area (Å²) >= 11 is 1.32. The minimum atomic E-state index is -0.307. The van der Waals surface area contributed by atoms with Gasteiger partial charge in [0.05, 0.1) is 22.4 Å². The predicted molar refractivity (Wildman–Crippen MR) is 147 cm³/mol. The fraction of sp³-hybridized carbons (Fsp3) is 0.276. The molecule has 0 saturated heterocycles. The average molecular weight is 513 g/mol. The normalized spacial score (nSPS) is 19.0. The Morgan fingerprint density at radius 3 is 2.59 bits per heavy atom. The number of aryl methyl sites for hydroxylation is 1. The van der Waals surface area contributed by atoms with Gasteiger partial charge in [-0.25, -0.2) is 9.78 Å². The number of carbonyl (C=O) groups excluding carboxylic acids is 2. The van der Waals surface area contributed by atoms with Gasteiger partial charge in [-0.1, -0.05) is 25.1 Å². The lowest BCUT2D eigenvalue weighted by Crippen LogP contribution is -2.38. The lowest BCUT2D eigenvalue weighted by atomic mass is 9.87. The van der Waals surface area contributed by atoms with Crippen molar-refractivity contribution in [2.24, 2.45) is 5.92 Å². The van der Waals surface area contributed by atoms with Crippen LogP contribution in [0.4, 0.5) is 21.9 Å². The van der Waals surface area contributed by atoms with Gasteiger partial charge in [0.2, 0.25) is 0 Å². The molecule has 1 aliphatic heterocycles. The van der Waals surface area contributed by atoms with Gasteiger partial charge >= 0.3 is 6.03 Å². The third-order valence-electron chi connectivity index (χ3n) is 7.19. The van der Waals surface area contributed by atoms with E-state index in [9.17, 15) is 9.59 Å². The van der Waals surface area contributed by atoms with E-state index in [0.29, 0.717) is 27.9 Å². The zero-order chi connectivity index (χ0) is 25.5. The Morgan fingerprint density at radius 1 is 1.05 bits per heavy atom. The molecular weight excluding hydrogens is 484 g/mol. The fourth-order valence-electron chi connectivity index (χ4n) is 5.21. The summed E-state index contributed by atoms with van der Waals surface area (Å²) in [7, 11) is 0. The number of para-hydroxylation sites is 1. The first kappa shape index (κ1) is 23.5. The molecule has 2 N–H and O–H groups in total. The highest BCUT2D eigenvalue weighted by Crippen LogP contribution is 2.46. The SMILES string of the molecule is Cc1cc(Oc2ccccc2)ccc1N1C(=O)Nc2c(C(=O)NC3CCC(C)CC3)sc3nccc1c23. The van der Waals surface area contributed by atoms with Gasteiger partial charge in [-0.05, 0) is 80.5 Å². The quantitative estimate of drug-likeness (QED) is 0.292. The summed E-state index contributed by atoms with van der Waals surface area (Å²) in [6.07, 6.45) is 5.91. The van der Waals surface area contributed by atoms with Crippen LogP contribution in [0.1, 0.15) is 47.8 Å². The molecule has 37 heavy (non-hydrogen) atoms.